The molecule has 1 saturated heterocycles. The molecule has 126 valence electrons. The summed E-state index contributed by atoms with van der Waals surface area (Å²) in [7, 11) is 0. The van der Waals surface area contributed by atoms with Crippen molar-refractivity contribution in [3.8, 4) is 0 Å². The van der Waals surface area contributed by atoms with Gasteiger partial charge in [0.05, 0.1) is 0 Å². The van der Waals surface area contributed by atoms with Crippen molar-refractivity contribution in [2.45, 2.75) is 60.5 Å². The van der Waals surface area contributed by atoms with E-state index < -0.39 is 11.7 Å². The lowest BCUT2D eigenvalue weighted by atomic mass is 10.2. The number of benzene rings is 1. The molecule has 0 radical (unpaired) electrons. The first kappa shape index (κ1) is 22.4. The van der Waals surface area contributed by atoms with Gasteiger partial charge in [-0.25, -0.2) is 9.69 Å². The van der Waals surface area contributed by atoms with E-state index in [1.807, 2.05) is 64.1 Å². The van der Waals surface area contributed by atoms with Crippen LogP contribution in [-0.4, -0.2) is 29.0 Å². The first-order valence-electron chi connectivity index (χ1n) is 7.93. The van der Waals surface area contributed by atoms with Crippen molar-refractivity contribution in [3.05, 3.63) is 36.4 Å². The Hall–Kier alpha value is -1.84. The van der Waals surface area contributed by atoms with Gasteiger partial charge in [0.1, 0.15) is 5.60 Å². The number of imide groups is 1. The topological polar surface area (TPSA) is 46.6 Å². The largest absolute Gasteiger partial charge is 0.443 e. The Morgan fingerprint density at radius 1 is 0.955 bits per heavy atom. The van der Waals surface area contributed by atoms with E-state index in [2.05, 4.69) is 0 Å². The maximum Gasteiger partial charge on any atom is 0.417 e. The highest BCUT2D eigenvalue weighted by Crippen LogP contribution is 2.15. The lowest BCUT2D eigenvalue weighted by Gasteiger charge is -2.30. The predicted molar refractivity (Wildman–Crippen MR) is 91.7 cm³/mol. The number of amides is 2. The van der Waals surface area contributed by atoms with Crippen LogP contribution in [-0.2, 0) is 9.53 Å². The Balaban J connectivity index is 0. The van der Waals surface area contributed by atoms with Crippen LogP contribution < -0.4 is 0 Å². The molecule has 0 N–H and O–H groups in total. The van der Waals surface area contributed by atoms with E-state index in [1.165, 1.54) is 0 Å². The summed E-state index contributed by atoms with van der Waals surface area (Å²) in [6, 6.07) is 12.0. The summed E-state index contributed by atoms with van der Waals surface area (Å²) in [5.41, 5.74) is -0.521. The summed E-state index contributed by atoms with van der Waals surface area (Å²) in [6.07, 6.45) is -0.0714. The van der Waals surface area contributed by atoms with Crippen LogP contribution in [0, 0.1) is 0 Å². The van der Waals surface area contributed by atoms with Gasteiger partial charge in [-0.1, -0.05) is 64.1 Å². The van der Waals surface area contributed by atoms with Crippen molar-refractivity contribution in [1.29, 1.82) is 0 Å². The Morgan fingerprint density at radius 2 is 1.32 bits per heavy atom. The van der Waals surface area contributed by atoms with E-state index in [1.54, 1.807) is 20.8 Å². The molecule has 0 saturated carbocycles. The molecule has 1 aliphatic heterocycles. The van der Waals surface area contributed by atoms with E-state index >= 15 is 0 Å². The van der Waals surface area contributed by atoms with Crippen LogP contribution in [0.4, 0.5) is 4.79 Å². The highest BCUT2D eigenvalue weighted by Gasteiger charge is 2.33. The standard InChI is InChI=1S/C8H13NO3.C6H6.2C2H6/c1-8(2,3)12-7(11)9-5-4-6(9)10;1-2-4-6-5-3-1;2*1-2/h4-5H2,1-3H3;1-6H;2*1-2H3. The highest BCUT2D eigenvalue weighted by atomic mass is 16.6. The monoisotopic (exact) mass is 309 g/mol. The summed E-state index contributed by atoms with van der Waals surface area (Å²) in [4.78, 5) is 23.0. The van der Waals surface area contributed by atoms with Gasteiger partial charge in [0.25, 0.3) is 0 Å². The molecular formula is C18H31NO3. The molecule has 0 aromatic heterocycles. The third kappa shape index (κ3) is 10.9. The summed E-state index contributed by atoms with van der Waals surface area (Å²) in [5.74, 6) is -0.149. The molecule has 0 unspecified atom stereocenters. The van der Waals surface area contributed by atoms with Crippen molar-refractivity contribution in [1.82, 2.24) is 4.90 Å². The molecule has 1 aliphatic rings. The molecule has 1 heterocycles. The van der Waals surface area contributed by atoms with Crippen LogP contribution in [0.15, 0.2) is 36.4 Å². The minimum Gasteiger partial charge on any atom is -0.443 e. The average molecular weight is 309 g/mol. The van der Waals surface area contributed by atoms with Crippen molar-refractivity contribution in [2.24, 2.45) is 0 Å². The second-order valence-corrected chi connectivity index (χ2v) is 4.93. The van der Waals surface area contributed by atoms with Gasteiger partial charge >= 0.3 is 6.09 Å². The van der Waals surface area contributed by atoms with E-state index in [-0.39, 0.29) is 5.91 Å². The second kappa shape index (κ2) is 12.9. The molecule has 1 fully saturated rings. The van der Waals surface area contributed by atoms with Gasteiger partial charge in [0.2, 0.25) is 5.91 Å². The van der Waals surface area contributed by atoms with Crippen LogP contribution in [0.2, 0.25) is 0 Å². The second-order valence-electron chi connectivity index (χ2n) is 4.93. The SMILES string of the molecule is CC.CC.CC(C)(C)OC(=O)N1CCC1=O.c1ccccc1. The van der Waals surface area contributed by atoms with Gasteiger partial charge < -0.3 is 4.74 Å². The maximum absolute atomic E-state index is 11.1. The number of rotatable bonds is 0. The molecule has 1 aromatic carbocycles. The maximum atomic E-state index is 11.1. The van der Waals surface area contributed by atoms with E-state index in [0.29, 0.717) is 13.0 Å². The number of ether oxygens (including phenoxy) is 1. The molecule has 2 amide bonds. The molecule has 0 bridgehead atoms. The molecule has 0 atom stereocenters. The van der Waals surface area contributed by atoms with Crippen LogP contribution in [0.3, 0.4) is 0 Å². The number of nitrogens with zero attached hydrogens (tertiary/aromatic N) is 1. The molecule has 4 heteroatoms. The molecule has 0 spiro atoms. The lowest BCUT2D eigenvalue weighted by Crippen LogP contribution is -2.49. The number of carbonyl (C=O) groups is 2. The zero-order chi connectivity index (χ0) is 17.6. The first-order valence-corrected chi connectivity index (χ1v) is 7.93. The summed E-state index contributed by atoms with van der Waals surface area (Å²) < 4.78 is 4.98. The Labute approximate surface area is 135 Å². The van der Waals surface area contributed by atoms with Gasteiger partial charge in [-0.2, -0.15) is 0 Å². The zero-order valence-corrected chi connectivity index (χ0v) is 15.1. The fourth-order valence-corrected chi connectivity index (χ4v) is 1.21. The normalized spacial score (nSPS) is 12.1. The molecule has 2 rings (SSSR count). The fraction of sp³-hybridized carbons (Fsp3) is 0.556. The third-order valence-corrected chi connectivity index (χ3v) is 2.13. The number of hydrogen-bond acceptors (Lipinski definition) is 3. The van der Waals surface area contributed by atoms with Gasteiger partial charge in [-0.3, -0.25) is 4.79 Å². The Bertz CT molecular complexity index is 370. The highest BCUT2D eigenvalue weighted by molar-refractivity contribution is 5.96. The van der Waals surface area contributed by atoms with E-state index in [4.69, 9.17) is 4.74 Å². The predicted octanol–water partition coefficient (Wildman–Crippen LogP) is 4.89. The average Bonchev–Trinajstić information content (AvgIpc) is 2.50. The smallest absolute Gasteiger partial charge is 0.417 e. The quantitative estimate of drug-likeness (QED) is 0.641. The van der Waals surface area contributed by atoms with E-state index in [9.17, 15) is 9.59 Å². The minimum atomic E-state index is -0.529. The Morgan fingerprint density at radius 3 is 1.50 bits per heavy atom. The third-order valence-electron chi connectivity index (χ3n) is 2.13. The van der Waals surface area contributed by atoms with Crippen molar-refractivity contribution >= 4 is 12.0 Å². The number of likely N-dealkylation sites (tertiary alicyclic amines) is 1. The van der Waals surface area contributed by atoms with Crippen LogP contribution in [0.25, 0.3) is 0 Å². The van der Waals surface area contributed by atoms with Gasteiger partial charge in [-0.15, -0.1) is 0 Å². The van der Waals surface area contributed by atoms with Crippen molar-refractivity contribution in [2.75, 3.05) is 6.54 Å². The van der Waals surface area contributed by atoms with Gasteiger partial charge in [0, 0.05) is 13.0 Å². The minimum absolute atomic E-state index is 0.149. The van der Waals surface area contributed by atoms with Crippen LogP contribution >= 0.6 is 0 Å². The van der Waals surface area contributed by atoms with Crippen molar-refractivity contribution in [3.63, 3.8) is 0 Å². The molecular weight excluding hydrogens is 278 g/mol. The van der Waals surface area contributed by atoms with Crippen molar-refractivity contribution < 1.29 is 14.3 Å². The Kier molecular flexibility index (Phi) is 13.1. The van der Waals surface area contributed by atoms with Crippen LogP contribution in [0.5, 0.6) is 0 Å². The van der Waals surface area contributed by atoms with E-state index in [0.717, 1.165) is 4.90 Å². The van der Waals surface area contributed by atoms with Gasteiger partial charge in [0.15, 0.2) is 0 Å². The fourth-order valence-electron chi connectivity index (χ4n) is 1.21. The molecule has 1 aromatic rings. The number of carbonyl (C=O) groups excluding carboxylic acids is 2. The molecule has 4 nitrogen and oxygen atoms in total. The number of β-lactam (4-membered cyclic amide) rings is 1. The first-order chi connectivity index (χ1) is 10.4. The lowest BCUT2D eigenvalue weighted by molar-refractivity contribution is -0.138. The summed E-state index contributed by atoms with van der Waals surface area (Å²) in [5, 5.41) is 0. The number of hydrogen-bond donors (Lipinski definition) is 0. The summed E-state index contributed by atoms with van der Waals surface area (Å²) >= 11 is 0. The van der Waals surface area contributed by atoms with Crippen LogP contribution in [0.1, 0.15) is 54.9 Å². The molecule has 0 aliphatic carbocycles. The summed E-state index contributed by atoms with van der Waals surface area (Å²) in [6.45, 7) is 13.8. The van der Waals surface area contributed by atoms with Gasteiger partial charge in [-0.05, 0) is 20.8 Å². The zero-order valence-electron chi connectivity index (χ0n) is 15.1. The molecule has 22 heavy (non-hydrogen) atoms.